The molecular weight excluding hydrogens is 386 g/mol. The van der Waals surface area contributed by atoms with Gasteiger partial charge in [-0.05, 0) is 44.8 Å². The molecule has 0 atom stereocenters. The van der Waals surface area contributed by atoms with Crippen LogP contribution in [0.5, 0.6) is 0 Å². The van der Waals surface area contributed by atoms with Crippen molar-refractivity contribution in [2.75, 3.05) is 39.8 Å². The summed E-state index contributed by atoms with van der Waals surface area (Å²) >= 11 is 0. The number of benzene rings is 1. The van der Waals surface area contributed by atoms with Crippen LogP contribution >= 0.6 is 0 Å². The average molecular weight is 424 g/mol. The standard InChI is InChI=1S/C22H37N3O3S/c1-3-15-24(2)16-9-4-5-10-19-28-22-13-17-25(18-14-22)29(26,27)23-20-21-11-7-6-8-12-21/h3,6-8,11-12,22-23H,1,4-5,9-10,13-20H2,2H3. The lowest BCUT2D eigenvalue weighted by Gasteiger charge is -2.31. The summed E-state index contributed by atoms with van der Waals surface area (Å²) in [6.45, 7) is 7.94. The highest BCUT2D eigenvalue weighted by Gasteiger charge is 2.27. The van der Waals surface area contributed by atoms with Crippen molar-refractivity contribution in [1.29, 1.82) is 0 Å². The molecule has 1 N–H and O–H groups in total. The number of nitrogens with one attached hydrogen (secondary N) is 1. The topological polar surface area (TPSA) is 61.9 Å². The summed E-state index contributed by atoms with van der Waals surface area (Å²) in [6, 6.07) is 9.58. The van der Waals surface area contributed by atoms with Crippen LogP contribution in [0.25, 0.3) is 0 Å². The van der Waals surface area contributed by atoms with Gasteiger partial charge < -0.3 is 9.64 Å². The van der Waals surface area contributed by atoms with E-state index in [9.17, 15) is 8.42 Å². The minimum Gasteiger partial charge on any atom is -0.378 e. The van der Waals surface area contributed by atoms with Crippen LogP contribution in [0, 0.1) is 0 Å². The molecule has 1 heterocycles. The Bertz CT molecular complexity index is 674. The maximum atomic E-state index is 12.5. The molecule has 7 heteroatoms. The Morgan fingerprint density at radius 3 is 2.55 bits per heavy atom. The molecule has 0 bridgehead atoms. The van der Waals surface area contributed by atoms with Crippen molar-refractivity contribution in [2.45, 2.75) is 51.2 Å². The highest BCUT2D eigenvalue weighted by molar-refractivity contribution is 7.87. The van der Waals surface area contributed by atoms with Gasteiger partial charge in [-0.2, -0.15) is 17.4 Å². The molecule has 1 aliphatic heterocycles. The quantitative estimate of drug-likeness (QED) is 0.369. The first kappa shape index (κ1) is 24.0. The van der Waals surface area contributed by atoms with Gasteiger partial charge in [0.1, 0.15) is 0 Å². The molecule has 0 spiro atoms. The Morgan fingerprint density at radius 1 is 1.17 bits per heavy atom. The van der Waals surface area contributed by atoms with E-state index in [1.54, 1.807) is 0 Å². The molecule has 0 amide bonds. The first-order valence-corrected chi connectivity index (χ1v) is 12.1. The van der Waals surface area contributed by atoms with Crippen molar-refractivity contribution in [2.24, 2.45) is 0 Å². The zero-order chi connectivity index (χ0) is 21.0. The van der Waals surface area contributed by atoms with Crippen LogP contribution in [0.3, 0.4) is 0 Å². The molecule has 2 rings (SSSR count). The van der Waals surface area contributed by atoms with E-state index in [0.717, 1.165) is 44.5 Å². The molecule has 6 nitrogen and oxygen atoms in total. The van der Waals surface area contributed by atoms with Crippen LogP contribution in [0.15, 0.2) is 43.0 Å². The number of piperidine rings is 1. The molecular formula is C22H37N3O3S. The Morgan fingerprint density at radius 2 is 1.86 bits per heavy atom. The largest absolute Gasteiger partial charge is 0.378 e. The first-order chi connectivity index (χ1) is 14.0. The summed E-state index contributed by atoms with van der Waals surface area (Å²) < 4.78 is 35.2. The van der Waals surface area contributed by atoms with Gasteiger partial charge in [0, 0.05) is 32.8 Å². The van der Waals surface area contributed by atoms with E-state index in [0.29, 0.717) is 19.6 Å². The number of ether oxygens (including phenoxy) is 1. The van der Waals surface area contributed by atoms with Crippen LogP contribution in [-0.4, -0.2) is 63.6 Å². The van der Waals surface area contributed by atoms with E-state index < -0.39 is 10.2 Å². The molecule has 0 unspecified atom stereocenters. The van der Waals surface area contributed by atoms with Crippen molar-refractivity contribution < 1.29 is 13.2 Å². The number of nitrogens with zero attached hydrogens (tertiary/aromatic N) is 2. The predicted octanol–water partition coefficient (Wildman–Crippen LogP) is 3.18. The highest BCUT2D eigenvalue weighted by Crippen LogP contribution is 2.17. The number of likely N-dealkylation sites (N-methyl/N-ethyl adjacent to an activating group) is 1. The van der Waals surface area contributed by atoms with Crippen molar-refractivity contribution >= 4 is 10.2 Å². The summed E-state index contributed by atoms with van der Waals surface area (Å²) in [4.78, 5) is 2.28. The Kier molecular flexibility index (Phi) is 10.9. The summed E-state index contributed by atoms with van der Waals surface area (Å²) in [5.41, 5.74) is 0.960. The van der Waals surface area contributed by atoms with Crippen molar-refractivity contribution in [3.63, 3.8) is 0 Å². The van der Waals surface area contributed by atoms with Gasteiger partial charge in [0.2, 0.25) is 0 Å². The third-order valence-electron chi connectivity index (χ3n) is 5.27. The van der Waals surface area contributed by atoms with E-state index in [-0.39, 0.29) is 6.10 Å². The Balaban J connectivity index is 1.55. The minimum atomic E-state index is -3.43. The lowest BCUT2D eigenvalue weighted by molar-refractivity contribution is 0.0190. The molecule has 1 fully saturated rings. The normalized spacial score (nSPS) is 16.3. The van der Waals surface area contributed by atoms with Gasteiger partial charge >= 0.3 is 0 Å². The first-order valence-electron chi connectivity index (χ1n) is 10.7. The fraction of sp³-hybridized carbons (Fsp3) is 0.636. The van der Waals surface area contributed by atoms with Gasteiger partial charge in [0.05, 0.1) is 6.10 Å². The Labute approximate surface area is 177 Å². The number of hydrogen-bond acceptors (Lipinski definition) is 4. The van der Waals surface area contributed by atoms with Gasteiger partial charge in [-0.25, -0.2) is 0 Å². The molecule has 0 saturated carbocycles. The average Bonchev–Trinajstić information content (AvgIpc) is 2.73. The molecule has 0 aliphatic carbocycles. The van der Waals surface area contributed by atoms with Crippen molar-refractivity contribution in [1.82, 2.24) is 13.9 Å². The van der Waals surface area contributed by atoms with E-state index >= 15 is 0 Å². The molecule has 1 aromatic rings. The summed E-state index contributed by atoms with van der Waals surface area (Å²) in [5, 5.41) is 0. The predicted molar refractivity (Wildman–Crippen MR) is 119 cm³/mol. The second-order valence-corrected chi connectivity index (χ2v) is 9.50. The lowest BCUT2D eigenvalue weighted by Crippen LogP contribution is -2.46. The van der Waals surface area contributed by atoms with Crippen LogP contribution in [0.4, 0.5) is 0 Å². The molecule has 1 aromatic carbocycles. The third kappa shape index (κ3) is 9.40. The summed E-state index contributed by atoms with van der Waals surface area (Å²) in [7, 11) is -1.31. The number of hydrogen-bond donors (Lipinski definition) is 1. The van der Waals surface area contributed by atoms with E-state index in [1.165, 1.54) is 23.6 Å². The minimum absolute atomic E-state index is 0.175. The second-order valence-electron chi connectivity index (χ2n) is 7.75. The third-order valence-corrected chi connectivity index (χ3v) is 6.83. The fourth-order valence-electron chi connectivity index (χ4n) is 3.50. The molecule has 1 saturated heterocycles. The van der Waals surface area contributed by atoms with Gasteiger partial charge in [-0.1, -0.05) is 49.2 Å². The second kappa shape index (κ2) is 13.1. The van der Waals surface area contributed by atoms with E-state index in [1.807, 2.05) is 36.4 Å². The Hall–Kier alpha value is -1.25. The van der Waals surface area contributed by atoms with Crippen LogP contribution in [0.1, 0.15) is 44.1 Å². The lowest BCUT2D eigenvalue weighted by atomic mass is 10.1. The zero-order valence-electron chi connectivity index (χ0n) is 17.8. The van der Waals surface area contributed by atoms with Gasteiger partial charge in [0.15, 0.2) is 0 Å². The van der Waals surface area contributed by atoms with Crippen LogP contribution in [0.2, 0.25) is 0 Å². The van der Waals surface area contributed by atoms with Gasteiger partial charge in [0.25, 0.3) is 10.2 Å². The monoisotopic (exact) mass is 423 g/mol. The van der Waals surface area contributed by atoms with Crippen molar-refractivity contribution in [3.05, 3.63) is 48.6 Å². The maximum Gasteiger partial charge on any atom is 0.279 e. The molecule has 0 aromatic heterocycles. The molecule has 1 aliphatic rings. The van der Waals surface area contributed by atoms with Crippen LogP contribution in [-0.2, 0) is 21.5 Å². The van der Waals surface area contributed by atoms with Crippen LogP contribution < -0.4 is 4.72 Å². The summed E-state index contributed by atoms with van der Waals surface area (Å²) in [6.07, 6.45) is 8.31. The van der Waals surface area contributed by atoms with Gasteiger partial charge in [-0.15, -0.1) is 6.58 Å². The number of rotatable bonds is 14. The van der Waals surface area contributed by atoms with E-state index in [4.69, 9.17) is 4.74 Å². The van der Waals surface area contributed by atoms with Crippen molar-refractivity contribution in [3.8, 4) is 0 Å². The number of unbranched alkanes of at least 4 members (excludes halogenated alkanes) is 3. The highest BCUT2D eigenvalue weighted by atomic mass is 32.2. The van der Waals surface area contributed by atoms with E-state index in [2.05, 4.69) is 23.2 Å². The van der Waals surface area contributed by atoms with Gasteiger partial charge in [-0.3, -0.25) is 0 Å². The fourth-order valence-corrected chi connectivity index (χ4v) is 4.72. The molecule has 29 heavy (non-hydrogen) atoms. The summed E-state index contributed by atoms with van der Waals surface area (Å²) in [5.74, 6) is 0. The smallest absolute Gasteiger partial charge is 0.279 e. The SMILES string of the molecule is C=CCN(C)CCCCCCOC1CCN(S(=O)(=O)NCc2ccccc2)CC1. The zero-order valence-corrected chi connectivity index (χ0v) is 18.6. The molecule has 0 radical (unpaired) electrons. The molecule has 164 valence electrons. The maximum absolute atomic E-state index is 12.5.